The Labute approximate surface area is 106 Å². The largest absolute Gasteiger partial charge is 0.480 e. The normalized spacial score (nSPS) is 13.1. The van der Waals surface area contributed by atoms with Gasteiger partial charge in [-0.15, -0.1) is 0 Å². The zero-order valence-corrected chi connectivity index (χ0v) is 10.6. The second-order valence-electron chi connectivity index (χ2n) is 4.92. The molecule has 1 aromatic carbocycles. The Hall–Kier alpha value is -1.81. The zero-order chi connectivity index (χ0) is 13.3. The Morgan fingerprint density at radius 3 is 2.78 bits per heavy atom. The first-order valence-electron chi connectivity index (χ1n) is 6.07. The molecular weight excluding hydrogens is 228 g/mol. The lowest BCUT2D eigenvalue weighted by Gasteiger charge is -2.07. The van der Waals surface area contributed by atoms with E-state index < -0.39 is 12.0 Å². The Morgan fingerprint density at radius 1 is 1.44 bits per heavy atom. The van der Waals surface area contributed by atoms with Crippen LogP contribution in [0.15, 0.2) is 24.4 Å². The van der Waals surface area contributed by atoms with Crippen LogP contribution in [0.4, 0.5) is 0 Å². The van der Waals surface area contributed by atoms with E-state index in [2.05, 4.69) is 31.0 Å². The van der Waals surface area contributed by atoms with Crippen LogP contribution in [0.25, 0.3) is 10.9 Å². The molecule has 0 saturated carbocycles. The molecule has 0 bridgehead atoms. The Kier molecular flexibility index (Phi) is 3.39. The van der Waals surface area contributed by atoms with Gasteiger partial charge in [0.05, 0.1) is 0 Å². The lowest BCUT2D eigenvalue weighted by Crippen LogP contribution is -2.32. The number of rotatable bonds is 4. The molecule has 2 aromatic rings. The predicted octanol–water partition coefficient (Wildman–Crippen LogP) is 2.25. The molecule has 0 radical (unpaired) electrons. The SMILES string of the molecule is CC(C)c1ccc2c(C[C@H](N)C(=O)O)c[nH]c2c1. The maximum atomic E-state index is 10.8. The second kappa shape index (κ2) is 4.82. The third-order valence-corrected chi connectivity index (χ3v) is 3.22. The molecule has 0 fully saturated rings. The van der Waals surface area contributed by atoms with Gasteiger partial charge in [-0.25, -0.2) is 0 Å². The van der Waals surface area contributed by atoms with Crippen LogP contribution in [0, 0.1) is 0 Å². The van der Waals surface area contributed by atoms with Gasteiger partial charge in [0.1, 0.15) is 6.04 Å². The number of carboxylic acids is 1. The van der Waals surface area contributed by atoms with Crippen molar-refractivity contribution in [2.24, 2.45) is 5.73 Å². The summed E-state index contributed by atoms with van der Waals surface area (Å²) in [5.41, 5.74) is 8.82. The summed E-state index contributed by atoms with van der Waals surface area (Å²) in [7, 11) is 0. The molecule has 0 spiro atoms. The lowest BCUT2D eigenvalue weighted by atomic mass is 10.00. The minimum absolute atomic E-state index is 0.344. The number of benzene rings is 1. The van der Waals surface area contributed by atoms with Gasteiger partial charge in [-0.3, -0.25) is 4.79 Å². The fraction of sp³-hybridized carbons (Fsp3) is 0.357. The van der Waals surface area contributed by atoms with Crippen molar-refractivity contribution in [3.63, 3.8) is 0 Å². The maximum absolute atomic E-state index is 10.8. The van der Waals surface area contributed by atoms with Crippen LogP contribution in [0.1, 0.15) is 30.9 Å². The molecule has 1 atom stereocenters. The summed E-state index contributed by atoms with van der Waals surface area (Å²) >= 11 is 0. The number of nitrogens with two attached hydrogens (primary N) is 1. The molecule has 96 valence electrons. The van der Waals surface area contributed by atoms with Gasteiger partial charge in [0, 0.05) is 23.5 Å². The van der Waals surface area contributed by atoms with Gasteiger partial charge >= 0.3 is 5.97 Å². The molecule has 0 aliphatic carbocycles. The molecule has 2 rings (SSSR count). The summed E-state index contributed by atoms with van der Waals surface area (Å²) in [5, 5.41) is 9.89. The summed E-state index contributed by atoms with van der Waals surface area (Å²) < 4.78 is 0. The minimum atomic E-state index is -0.969. The number of aromatic amines is 1. The smallest absolute Gasteiger partial charge is 0.320 e. The van der Waals surface area contributed by atoms with E-state index in [0.29, 0.717) is 12.3 Å². The molecule has 18 heavy (non-hydrogen) atoms. The molecular formula is C14H18N2O2. The number of carboxylic acid groups (broad SMARTS) is 1. The van der Waals surface area contributed by atoms with E-state index >= 15 is 0 Å². The van der Waals surface area contributed by atoms with Crippen molar-refractivity contribution >= 4 is 16.9 Å². The van der Waals surface area contributed by atoms with Crippen molar-refractivity contribution in [2.45, 2.75) is 32.2 Å². The second-order valence-corrected chi connectivity index (χ2v) is 4.92. The predicted molar refractivity (Wildman–Crippen MR) is 71.7 cm³/mol. The van der Waals surface area contributed by atoms with Crippen LogP contribution in [-0.4, -0.2) is 22.1 Å². The van der Waals surface area contributed by atoms with Gasteiger partial charge < -0.3 is 15.8 Å². The zero-order valence-electron chi connectivity index (χ0n) is 10.6. The molecule has 0 unspecified atom stereocenters. The third kappa shape index (κ3) is 2.38. The summed E-state index contributed by atoms with van der Waals surface area (Å²) in [5.74, 6) is -0.495. The first-order chi connectivity index (χ1) is 8.49. The van der Waals surface area contributed by atoms with E-state index in [1.807, 2.05) is 12.3 Å². The van der Waals surface area contributed by atoms with Crippen molar-refractivity contribution in [2.75, 3.05) is 0 Å². The molecule has 4 N–H and O–H groups in total. The van der Waals surface area contributed by atoms with Gasteiger partial charge in [-0.1, -0.05) is 26.0 Å². The third-order valence-electron chi connectivity index (χ3n) is 3.22. The fourth-order valence-electron chi connectivity index (χ4n) is 2.06. The summed E-state index contributed by atoms with van der Waals surface area (Å²) in [6.45, 7) is 4.29. The molecule has 0 saturated heterocycles. The van der Waals surface area contributed by atoms with Gasteiger partial charge in [-0.2, -0.15) is 0 Å². The number of aromatic nitrogens is 1. The summed E-state index contributed by atoms with van der Waals surface area (Å²) in [4.78, 5) is 13.9. The highest BCUT2D eigenvalue weighted by molar-refractivity contribution is 5.85. The highest BCUT2D eigenvalue weighted by Crippen LogP contribution is 2.24. The van der Waals surface area contributed by atoms with Crippen LogP contribution in [0.2, 0.25) is 0 Å². The van der Waals surface area contributed by atoms with Crippen LogP contribution < -0.4 is 5.73 Å². The molecule has 4 heteroatoms. The number of H-pyrrole nitrogens is 1. The fourth-order valence-corrected chi connectivity index (χ4v) is 2.06. The monoisotopic (exact) mass is 246 g/mol. The van der Waals surface area contributed by atoms with Crippen LogP contribution in [0.3, 0.4) is 0 Å². The van der Waals surface area contributed by atoms with Crippen molar-refractivity contribution in [1.29, 1.82) is 0 Å². The van der Waals surface area contributed by atoms with E-state index in [-0.39, 0.29) is 0 Å². The van der Waals surface area contributed by atoms with Crippen molar-refractivity contribution in [1.82, 2.24) is 4.98 Å². The quantitative estimate of drug-likeness (QED) is 0.774. The number of hydrogen-bond donors (Lipinski definition) is 3. The maximum Gasteiger partial charge on any atom is 0.320 e. The Bertz CT molecular complexity index is 572. The summed E-state index contributed by atoms with van der Waals surface area (Å²) in [6, 6.07) is 5.37. The number of fused-ring (bicyclic) bond motifs is 1. The number of nitrogens with one attached hydrogen (secondary N) is 1. The Balaban J connectivity index is 2.34. The molecule has 0 amide bonds. The van der Waals surface area contributed by atoms with Gasteiger partial charge in [0.15, 0.2) is 0 Å². The van der Waals surface area contributed by atoms with Gasteiger partial charge in [0.2, 0.25) is 0 Å². The highest BCUT2D eigenvalue weighted by atomic mass is 16.4. The van der Waals surface area contributed by atoms with Gasteiger partial charge in [0.25, 0.3) is 0 Å². The molecule has 0 aliphatic rings. The van der Waals surface area contributed by atoms with E-state index in [1.165, 1.54) is 5.56 Å². The van der Waals surface area contributed by atoms with E-state index in [4.69, 9.17) is 10.8 Å². The topological polar surface area (TPSA) is 79.1 Å². The van der Waals surface area contributed by atoms with Crippen LogP contribution in [0.5, 0.6) is 0 Å². The highest BCUT2D eigenvalue weighted by Gasteiger charge is 2.15. The van der Waals surface area contributed by atoms with Crippen LogP contribution in [-0.2, 0) is 11.2 Å². The Morgan fingerprint density at radius 2 is 2.17 bits per heavy atom. The van der Waals surface area contributed by atoms with Crippen molar-refractivity contribution < 1.29 is 9.90 Å². The standard InChI is InChI=1S/C14H18N2O2/c1-8(2)9-3-4-11-10(5-12(15)14(17)18)7-16-13(11)6-9/h3-4,6-8,12,16H,5,15H2,1-2H3,(H,17,18)/t12-/m0/s1. The molecule has 4 nitrogen and oxygen atoms in total. The minimum Gasteiger partial charge on any atom is -0.480 e. The van der Waals surface area contributed by atoms with E-state index in [9.17, 15) is 4.79 Å². The number of aliphatic carboxylic acids is 1. The summed E-state index contributed by atoms with van der Waals surface area (Å²) in [6.07, 6.45) is 2.19. The van der Waals surface area contributed by atoms with Crippen molar-refractivity contribution in [3.8, 4) is 0 Å². The van der Waals surface area contributed by atoms with E-state index in [0.717, 1.165) is 16.5 Å². The lowest BCUT2D eigenvalue weighted by molar-refractivity contribution is -0.138. The average molecular weight is 246 g/mol. The first kappa shape index (κ1) is 12.6. The first-order valence-corrected chi connectivity index (χ1v) is 6.07. The van der Waals surface area contributed by atoms with Gasteiger partial charge in [-0.05, 0) is 23.1 Å². The average Bonchev–Trinajstić information content (AvgIpc) is 2.71. The number of carbonyl (C=O) groups is 1. The van der Waals surface area contributed by atoms with E-state index in [1.54, 1.807) is 0 Å². The molecule has 0 aliphatic heterocycles. The van der Waals surface area contributed by atoms with Crippen molar-refractivity contribution in [3.05, 3.63) is 35.5 Å². The van der Waals surface area contributed by atoms with Crippen LogP contribution >= 0.6 is 0 Å². The molecule has 1 aromatic heterocycles. The number of hydrogen-bond acceptors (Lipinski definition) is 2. The molecule has 1 heterocycles.